The summed E-state index contributed by atoms with van der Waals surface area (Å²) in [5.74, 6) is 0.551. The Morgan fingerprint density at radius 1 is 1.19 bits per heavy atom. The van der Waals surface area contributed by atoms with Gasteiger partial charge in [0.2, 0.25) is 0 Å². The van der Waals surface area contributed by atoms with Gasteiger partial charge in [-0.2, -0.15) is 0 Å². The Balaban J connectivity index is 1.91. The Kier molecular flexibility index (Phi) is 3.22. The molecule has 0 radical (unpaired) electrons. The van der Waals surface area contributed by atoms with E-state index in [1.807, 2.05) is 19.1 Å². The number of nitrogens with zero attached hydrogens (tertiary/aromatic N) is 1. The third-order valence-corrected chi connectivity index (χ3v) is 3.42. The standard InChI is InChI=1S/C17H15NO3/c1-10-3-5-12(6-4-10)15(19)8-13-7-14-17(9-16(13)20)21-11(2)18-14/h3-7,9,20H,8H2,1-2H3. The molecule has 0 atom stereocenters. The fourth-order valence-electron chi connectivity index (χ4n) is 2.28. The van der Waals surface area contributed by atoms with Gasteiger partial charge in [-0.1, -0.05) is 29.8 Å². The lowest BCUT2D eigenvalue weighted by molar-refractivity contribution is 0.0992. The lowest BCUT2D eigenvalue weighted by Gasteiger charge is -2.04. The Morgan fingerprint density at radius 2 is 1.90 bits per heavy atom. The van der Waals surface area contributed by atoms with Crippen LogP contribution in [0.1, 0.15) is 27.4 Å². The molecule has 3 aromatic rings. The molecule has 0 aliphatic heterocycles. The van der Waals surface area contributed by atoms with Gasteiger partial charge in [0.25, 0.3) is 0 Å². The topological polar surface area (TPSA) is 63.3 Å². The maximum Gasteiger partial charge on any atom is 0.192 e. The van der Waals surface area contributed by atoms with Crippen molar-refractivity contribution < 1.29 is 14.3 Å². The highest BCUT2D eigenvalue weighted by molar-refractivity contribution is 5.98. The number of aromatic nitrogens is 1. The first-order valence-corrected chi connectivity index (χ1v) is 6.72. The molecule has 106 valence electrons. The van der Waals surface area contributed by atoms with Crippen molar-refractivity contribution in [2.24, 2.45) is 0 Å². The van der Waals surface area contributed by atoms with Crippen LogP contribution in [0.2, 0.25) is 0 Å². The molecule has 0 unspecified atom stereocenters. The molecule has 0 amide bonds. The minimum absolute atomic E-state index is 0.0372. The fourth-order valence-corrected chi connectivity index (χ4v) is 2.28. The summed E-state index contributed by atoms with van der Waals surface area (Å²) >= 11 is 0. The van der Waals surface area contributed by atoms with Crippen LogP contribution < -0.4 is 0 Å². The van der Waals surface area contributed by atoms with Gasteiger partial charge in [-0.25, -0.2) is 4.98 Å². The second-order valence-corrected chi connectivity index (χ2v) is 5.15. The minimum atomic E-state index is -0.0372. The number of carbonyl (C=O) groups is 1. The van der Waals surface area contributed by atoms with Gasteiger partial charge in [0.05, 0.1) is 0 Å². The number of hydrogen-bond donors (Lipinski definition) is 1. The Morgan fingerprint density at radius 3 is 2.62 bits per heavy atom. The second kappa shape index (κ2) is 5.05. The molecule has 1 N–H and O–H groups in total. The molecule has 0 saturated carbocycles. The van der Waals surface area contributed by atoms with E-state index in [0.29, 0.717) is 28.1 Å². The average Bonchev–Trinajstić information content (AvgIpc) is 2.79. The monoisotopic (exact) mass is 281 g/mol. The first kappa shape index (κ1) is 13.4. The number of carbonyl (C=O) groups excluding carboxylic acids is 1. The second-order valence-electron chi connectivity index (χ2n) is 5.15. The van der Waals surface area contributed by atoms with E-state index in [9.17, 15) is 9.90 Å². The Labute approximate surface area is 122 Å². The highest BCUT2D eigenvalue weighted by Gasteiger charge is 2.13. The van der Waals surface area contributed by atoms with Crippen molar-refractivity contribution in [3.63, 3.8) is 0 Å². The van der Waals surface area contributed by atoms with Gasteiger partial charge in [0, 0.05) is 30.5 Å². The molecular weight excluding hydrogens is 266 g/mol. The number of fused-ring (bicyclic) bond motifs is 1. The highest BCUT2D eigenvalue weighted by atomic mass is 16.3. The van der Waals surface area contributed by atoms with Crippen LogP contribution >= 0.6 is 0 Å². The van der Waals surface area contributed by atoms with Crippen LogP contribution in [-0.4, -0.2) is 15.9 Å². The predicted molar refractivity (Wildman–Crippen MR) is 79.6 cm³/mol. The SMILES string of the molecule is Cc1ccc(C(=O)Cc2cc3nc(C)oc3cc2O)cc1. The summed E-state index contributed by atoms with van der Waals surface area (Å²) in [4.78, 5) is 16.5. The zero-order valence-corrected chi connectivity index (χ0v) is 11.9. The molecule has 4 heteroatoms. The quantitative estimate of drug-likeness (QED) is 0.745. The first-order chi connectivity index (χ1) is 10.0. The maximum atomic E-state index is 12.3. The Hall–Kier alpha value is -2.62. The fraction of sp³-hybridized carbons (Fsp3) is 0.176. The number of oxazole rings is 1. The van der Waals surface area contributed by atoms with Gasteiger partial charge >= 0.3 is 0 Å². The number of rotatable bonds is 3. The van der Waals surface area contributed by atoms with Crippen LogP contribution in [0.15, 0.2) is 40.8 Å². The number of phenols is 1. The molecule has 3 rings (SSSR count). The van der Waals surface area contributed by atoms with Gasteiger partial charge in [-0.05, 0) is 13.0 Å². The Bertz CT molecular complexity index is 816. The minimum Gasteiger partial charge on any atom is -0.508 e. The molecule has 0 saturated heterocycles. The number of aryl methyl sites for hydroxylation is 2. The van der Waals surface area contributed by atoms with Crippen LogP contribution in [0.4, 0.5) is 0 Å². The van der Waals surface area contributed by atoms with E-state index in [2.05, 4.69) is 4.98 Å². The van der Waals surface area contributed by atoms with Crippen LogP contribution in [0.5, 0.6) is 5.75 Å². The largest absolute Gasteiger partial charge is 0.508 e. The van der Waals surface area contributed by atoms with Crippen molar-refractivity contribution in [1.29, 1.82) is 0 Å². The number of Topliss-reactive ketones (excluding diaryl/α,β-unsaturated/α-hetero) is 1. The zero-order valence-electron chi connectivity index (χ0n) is 11.9. The van der Waals surface area contributed by atoms with E-state index in [1.54, 1.807) is 25.1 Å². The third kappa shape index (κ3) is 2.65. The van der Waals surface area contributed by atoms with E-state index in [0.717, 1.165) is 5.56 Å². The molecule has 0 aliphatic carbocycles. The lowest BCUT2D eigenvalue weighted by Crippen LogP contribution is -2.03. The van der Waals surface area contributed by atoms with E-state index in [-0.39, 0.29) is 18.0 Å². The zero-order chi connectivity index (χ0) is 15.0. The average molecular weight is 281 g/mol. The molecule has 21 heavy (non-hydrogen) atoms. The number of hydrogen-bond acceptors (Lipinski definition) is 4. The first-order valence-electron chi connectivity index (χ1n) is 6.72. The molecular formula is C17H15NO3. The van der Waals surface area contributed by atoms with Crippen molar-refractivity contribution in [3.8, 4) is 5.75 Å². The lowest BCUT2D eigenvalue weighted by atomic mass is 10.0. The van der Waals surface area contributed by atoms with E-state index in [4.69, 9.17) is 4.42 Å². The molecule has 0 aliphatic rings. The summed E-state index contributed by atoms with van der Waals surface area (Å²) in [7, 11) is 0. The summed E-state index contributed by atoms with van der Waals surface area (Å²) in [5, 5.41) is 10.0. The molecule has 0 spiro atoms. The molecule has 0 fully saturated rings. The summed E-state index contributed by atoms with van der Waals surface area (Å²) in [6.45, 7) is 3.72. The van der Waals surface area contributed by atoms with Crippen LogP contribution in [0.25, 0.3) is 11.1 Å². The summed E-state index contributed by atoms with van der Waals surface area (Å²) in [5.41, 5.74) is 3.47. The molecule has 1 aromatic heterocycles. The number of phenolic OH excluding ortho intramolecular Hbond substituents is 1. The summed E-state index contributed by atoms with van der Waals surface area (Å²) in [6.07, 6.45) is 0.136. The van der Waals surface area contributed by atoms with E-state index in [1.165, 1.54) is 6.07 Å². The van der Waals surface area contributed by atoms with Crippen molar-refractivity contribution >= 4 is 16.9 Å². The van der Waals surface area contributed by atoms with Crippen molar-refractivity contribution in [2.45, 2.75) is 20.3 Å². The van der Waals surface area contributed by atoms with Crippen molar-refractivity contribution in [2.75, 3.05) is 0 Å². The van der Waals surface area contributed by atoms with E-state index >= 15 is 0 Å². The van der Waals surface area contributed by atoms with Gasteiger partial charge in [0.15, 0.2) is 17.3 Å². The third-order valence-electron chi connectivity index (χ3n) is 3.42. The smallest absolute Gasteiger partial charge is 0.192 e. The number of ketones is 1. The van der Waals surface area contributed by atoms with Gasteiger partial charge in [-0.3, -0.25) is 4.79 Å². The van der Waals surface area contributed by atoms with Crippen molar-refractivity contribution in [3.05, 3.63) is 59.0 Å². The molecule has 4 nitrogen and oxygen atoms in total. The maximum absolute atomic E-state index is 12.3. The number of benzene rings is 2. The normalized spacial score (nSPS) is 11.0. The van der Waals surface area contributed by atoms with Gasteiger partial charge in [0.1, 0.15) is 11.3 Å². The molecule has 1 heterocycles. The van der Waals surface area contributed by atoms with Crippen molar-refractivity contribution in [1.82, 2.24) is 4.98 Å². The van der Waals surface area contributed by atoms with Crippen LogP contribution in [0.3, 0.4) is 0 Å². The van der Waals surface area contributed by atoms with Gasteiger partial charge in [-0.15, -0.1) is 0 Å². The summed E-state index contributed by atoms with van der Waals surface area (Å²) < 4.78 is 5.35. The van der Waals surface area contributed by atoms with E-state index < -0.39 is 0 Å². The van der Waals surface area contributed by atoms with Gasteiger partial charge < -0.3 is 9.52 Å². The van der Waals surface area contributed by atoms with Crippen LogP contribution in [0, 0.1) is 13.8 Å². The number of aromatic hydroxyl groups is 1. The highest BCUT2D eigenvalue weighted by Crippen LogP contribution is 2.26. The van der Waals surface area contributed by atoms with Crippen LogP contribution in [-0.2, 0) is 6.42 Å². The summed E-state index contributed by atoms with van der Waals surface area (Å²) in [6, 6.07) is 10.6. The molecule has 0 bridgehead atoms. The molecule has 2 aromatic carbocycles. The predicted octanol–water partition coefficient (Wildman–Crippen LogP) is 3.58.